The minimum Gasteiger partial charge on any atom is -0.494 e. The molecule has 2 atom stereocenters. The quantitative estimate of drug-likeness (QED) is 0.510. The Hall–Kier alpha value is -2.62. The molecule has 30 heavy (non-hydrogen) atoms. The molecule has 3 aromatic rings. The smallest absolute Gasteiger partial charge is 0.122 e. The van der Waals surface area contributed by atoms with E-state index < -0.39 is 0 Å². The second-order valence-electron chi connectivity index (χ2n) is 7.89. The molecule has 0 amide bonds. The molecule has 0 N–H and O–H groups in total. The number of rotatable bonds is 8. The van der Waals surface area contributed by atoms with Gasteiger partial charge < -0.3 is 9.47 Å². The topological polar surface area (TPSA) is 21.7 Å². The molecule has 1 aliphatic heterocycles. The molecule has 0 aliphatic carbocycles. The van der Waals surface area contributed by atoms with E-state index in [4.69, 9.17) is 9.47 Å². The molecule has 3 nitrogen and oxygen atoms in total. The summed E-state index contributed by atoms with van der Waals surface area (Å²) in [7, 11) is 0. The van der Waals surface area contributed by atoms with Crippen LogP contribution in [-0.4, -0.2) is 37.3 Å². The van der Waals surface area contributed by atoms with Gasteiger partial charge in [-0.25, -0.2) is 0 Å². The van der Waals surface area contributed by atoms with Crippen LogP contribution in [0.25, 0.3) is 0 Å². The molecule has 156 valence electrons. The Kier molecular flexibility index (Phi) is 7.17. The summed E-state index contributed by atoms with van der Waals surface area (Å²) >= 11 is 0. The van der Waals surface area contributed by atoms with Gasteiger partial charge in [-0.05, 0) is 36.1 Å². The average molecular weight is 402 g/mol. The summed E-state index contributed by atoms with van der Waals surface area (Å²) in [5.41, 5.74) is 3.93. The van der Waals surface area contributed by atoms with E-state index in [0.717, 1.165) is 38.4 Å². The van der Waals surface area contributed by atoms with Crippen molar-refractivity contribution in [3.63, 3.8) is 0 Å². The van der Waals surface area contributed by atoms with Crippen LogP contribution in [0, 0.1) is 0 Å². The summed E-state index contributed by atoms with van der Waals surface area (Å²) in [6, 6.07) is 29.9. The van der Waals surface area contributed by atoms with Crippen LogP contribution in [0.1, 0.15) is 29.5 Å². The van der Waals surface area contributed by atoms with E-state index in [2.05, 4.69) is 83.8 Å². The standard InChI is InChI=1S/C27H31NO2/c1-2-29-26-16-10-9-15-24(26)19-25(23-13-7-4-8-14-23)27-21-28(17-18-30-27)20-22-11-5-3-6-12-22/h3-16,25,27H,2,17-21H2,1H3/t25-,27-/m0/s1. The second-order valence-corrected chi connectivity index (χ2v) is 7.89. The van der Waals surface area contributed by atoms with Gasteiger partial charge >= 0.3 is 0 Å². The summed E-state index contributed by atoms with van der Waals surface area (Å²) < 4.78 is 12.3. The molecule has 1 fully saturated rings. The fraction of sp³-hybridized carbons (Fsp3) is 0.333. The Labute approximate surface area is 180 Å². The lowest BCUT2D eigenvalue weighted by molar-refractivity contribution is -0.0445. The van der Waals surface area contributed by atoms with Crippen molar-refractivity contribution < 1.29 is 9.47 Å². The number of hydrogen-bond acceptors (Lipinski definition) is 3. The van der Waals surface area contributed by atoms with Gasteiger partial charge in [-0.2, -0.15) is 0 Å². The Morgan fingerprint density at radius 2 is 1.63 bits per heavy atom. The van der Waals surface area contributed by atoms with Gasteiger partial charge in [0.1, 0.15) is 5.75 Å². The molecule has 0 unspecified atom stereocenters. The normalized spacial score (nSPS) is 18.1. The minimum absolute atomic E-state index is 0.152. The van der Waals surface area contributed by atoms with Gasteiger partial charge in [0.05, 0.1) is 19.3 Å². The molecule has 0 saturated carbocycles. The van der Waals surface area contributed by atoms with Crippen molar-refractivity contribution >= 4 is 0 Å². The van der Waals surface area contributed by atoms with Gasteiger partial charge in [0.15, 0.2) is 0 Å². The maximum Gasteiger partial charge on any atom is 0.122 e. The van der Waals surface area contributed by atoms with E-state index in [1.807, 2.05) is 13.0 Å². The summed E-state index contributed by atoms with van der Waals surface area (Å²) in [6.45, 7) is 6.37. The number of para-hydroxylation sites is 1. The Balaban J connectivity index is 1.55. The highest BCUT2D eigenvalue weighted by atomic mass is 16.5. The molecule has 0 aromatic heterocycles. The lowest BCUT2D eigenvalue weighted by Gasteiger charge is -2.37. The van der Waals surface area contributed by atoms with Crippen LogP contribution in [0.3, 0.4) is 0 Å². The zero-order valence-corrected chi connectivity index (χ0v) is 17.7. The molecule has 1 heterocycles. The van der Waals surface area contributed by atoms with Crippen molar-refractivity contribution in [1.29, 1.82) is 0 Å². The van der Waals surface area contributed by atoms with Crippen LogP contribution in [0.4, 0.5) is 0 Å². The van der Waals surface area contributed by atoms with Gasteiger partial charge in [0.25, 0.3) is 0 Å². The second kappa shape index (κ2) is 10.4. The summed E-state index contributed by atoms with van der Waals surface area (Å²) in [6.07, 6.45) is 1.06. The fourth-order valence-electron chi connectivity index (χ4n) is 4.33. The molecular weight excluding hydrogens is 370 g/mol. The first-order valence-electron chi connectivity index (χ1n) is 11.0. The maximum absolute atomic E-state index is 6.35. The van der Waals surface area contributed by atoms with E-state index in [9.17, 15) is 0 Å². The van der Waals surface area contributed by atoms with Gasteiger partial charge in [-0.3, -0.25) is 4.90 Å². The molecule has 1 aliphatic rings. The van der Waals surface area contributed by atoms with Crippen LogP contribution in [0.2, 0.25) is 0 Å². The molecule has 4 rings (SSSR count). The summed E-state index contributed by atoms with van der Waals surface area (Å²) in [5, 5.41) is 0. The maximum atomic E-state index is 6.35. The van der Waals surface area contributed by atoms with Crippen LogP contribution in [0.15, 0.2) is 84.9 Å². The third kappa shape index (κ3) is 5.29. The number of morpholine rings is 1. The molecule has 0 spiro atoms. The molecule has 1 saturated heterocycles. The van der Waals surface area contributed by atoms with Crippen LogP contribution < -0.4 is 4.74 Å². The van der Waals surface area contributed by atoms with Crippen LogP contribution in [0.5, 0.6) is 5.75 Å². The van der Waals surface area contributed by atoms with Crippen molar-refractivity contribution in [1.82, 2.24) is 4.90 Å². The predicted octanol–water partition coefficient (Wildman–Crippen LogP) is 5.31. The molecule has 3 heteroatoms. The first kappa shape index (κ1) is 20.6. The van der Waals surface area contributed by atoms with Crippen LogP contribution in [-0.2, 0) is 17.7 Å². The van der Waals surface area contributed by atoms with Crippen molar-refractivity contribution in [3.8, 4) is 5.75 Å². The van der Waals surface area contributed by atoms with E-state index in [1.54, 1.807) is 0 Å². The summed E-state index contributed by atoms with van der Waals surface area (Å²) in [4.78, 5) is 2.52. The number of ether oxygens (including phenoxy) is 2. The largest absolute Gasteiger partial charge is 0.494 e. The Morgan fingerprint density at radius 1 is 0.933 bits per heavy atom. The monoisotopic (exact) mass is 401 g/mol. The molecule has 0 bridgehead atoms. The van der Waals surface area contributed by atoms with Gasteiger partial charge in [-0.1, -0.05) is 78.9 Å². The van der Waals surface area contributed by atoms with Crippen molar-refractivity contribution in [2.45, 2.75) is 31.9 Å². The average Bonchev–Trinajstić information content (AvgIpc) is 2.80. The number of nitrogens with zero attached hydrogens (tertiary/aromatic N) is 1. The van der Waals surface area contributed by atoms with E-state index in [0.29, 0.717) is 6.61 Å². The van der Waals surface area contributed by atoms with E-state index >= 15 is 0 Å². The zero-order valence-electron chi connectivity index (χ0n) is 17.7. The highest BCUT2D eigenvalue weighted by molar-refractivity contribution is 5.36. The lowest BCUT2D eigenvalue weighted by atomic mass is 9.86. The van der Waals surface area contributed by atoms with Gasteiger partial charge in [-0.15, -0.1) is 0 Å². The lowest BCUT2D eigenvalue weighted by Crippen LogP contribution is -2.45. The highest BCUT2D eigenvalue weighted by Crippen LogP contribution is 2.32. The van der Waals surface area contributed by atoms with Gasteiger partial charge in [0.2, 0.25) is 0 Å². The van der Waals surface area contributed by atoms with Crippen molar-refractivity contribution in [2.75, 3.05) is 26.3 Å². The molecule has 0 radical (unpaired) electrons. The van der Waals surface area contributed by atoms with Crippen molar-refractivity contribution in [3.05, 3.63) is 102 Å². The molecular formula is C27H31NO2. The number of hydrogen-bond donors (Lipinski definition) is 0. The highest BCUT2D eigenvalue weighted by Gasteiger charge is 2.30. The third-order valence-corrected chi connectivity index (χ3v) is 5.82. The predicted molar refractivity (Wildman–Crippen MR) is 122 cm³/mol. The molecule has 3 aromatic carbocycles. The van der Waals surface area contributed by atoms with Crippen LogP contribution >= 0.6 is 0 Å². The summed E-state index contributed by atoms with van der Waals surface area (Å²) in [5.74, 6) is 1.27. The fourth-order valence-corrected chi connectivity index (χ4v) is 4.33. The van der Waals surface area contributed by atoms with Crippen molar-refractivity contribution in [2.24, 2.45) is 0 Å². The Morgan fingerprint density at radius 3 is 2.40 bits per heavy atom. The first-order chi connectivity index (χ1) is 14.8. The zero-order chi connectivity index (χ0) is 20.6. The third-order valence-electron chi connectivity index (χ3n) is 5.82. The first-order valence-corrected chi connectivity index (χ1v) is 11.0. The van der Waals surface area contributed by atoms with Gasteiger partial charge in [0, 0.05) is 25.6 Å². The number of benzene rings is 3. The SMILES string of the molecule is CCOc1ccccc1C[C@@H](c1ccccc1)[C@@H]1CN(Cc2ccccc2)CCO1. The van der Waals surface area contributed by atoms with E-state index in [-0.39, 0.29) is 12.0 Å². The minimum atomic E-state index is 0.152. The van der Waals surface area contributed by atoms with E-state index in [1.165, 1.54) is 16.7 Å². The Bertz CT molecular complexity index is 897.